The molecule has 0 aliphatic heterocycles. The maximum Gasteiger partial charge on any atom is 0.0469 e. The predicted octanol–water partition coefficient (Wildman–Crippen LogP) is 3.10. The maximum atomic E-state index is 4.32. The van der Waals surface area contributed by atoms with Crippen LogP contribution in [0, 0.1) is 0 Å². The average Bonchev–Trinajstić information content (AvgIpc) is 2.04. The van der Waals surface area contributed by atoms with E-state index in [1.54, 1.807) is 0 Å². The van der Waals surface area contributed by atoms with E-state index < -0.39 is 0 Å². The smallest absolute Gasteiger partial charge is 0.0469 e. The number of halogens is 1. The average molecular weight is 214 g/mol. The van der Waals surface area contributed by atoms with Crippen LogP contribution in [0.1, 0.15) is 31.0 Å². The highest BCUT2D eigenvalue weighted by atomic mass is 79.9. The van der Waals surface area contributed by atoms with Crippen molar-refractivity contribution >= 4 is 15.9 Å². The number of alkyl halides is 1. The first-order valence-electron chi connectivity index (χ1n) is 3.75. The fraction of sp³-hybridized carbons (Fsp3) is 0.444. The van der Waals surface area contributed by atoms with Gasteiger partial charge in [0.2, 0.25) is 0 Å². The van der Waals surface area contributed by atoms with E-state index in [0.717, 1.165) is 5.33 Å². The quantitative estimate of drug-likeness (QED) is 0.689. The molecule has 0 saturated heterocycles. The third-order valence-electron chi connectivity index (χ3n) is 1.62. The minimum Gasteiger partial charge on any atom is -0.261 e. The summed E-state index contributed by atoms with van der Waals surface area (Å²) in [6, 6.07) is 4.08. The van der Waals surface area contributed by atoms with Gasteiger partial charge in [-0.15, -0.1) is 0 Å². The summed E-state index contributed by atoms with van der Waals surface area (Å²) in [6.07, 6.45) is 1.85. The molecule has 0 N–H and O–H groups in total. The largest absolute Gasteiger partial charge is 0.261 e. The lowest BCUT2D eigenvalue weighted by Gasteiger charge is -2.07. The van der Waals surface area contributed by atoms with E-state index in [1.165, 1.54) is 11.3 Å². The molecular weight excluding hydrogens is 202 g/mol. The summed E-state index contributed by atoms with van der Waals surface area (Å²) in [5, 5.41) is 0.897. The summed E-state index contributed by atoms with van der Waals surface area (Å²) in [7, 11) is 0. The van der Waals surface area contributed by atoms with Gasteiger partial charge in [0.25, 0.3) is 0 Å². The normalized spacial score (nSPS) is 10.5. The van der Waals surface area contributed by atoms with Gasteiger partial charge in [0.1, 0.15) is 0 Å². The van der Waals surface area contributed by atoms with Gasteiger partial charge in [-0.3, -0.25) is 4.98 Å². The van der Waals surface area contributed by atoms with Crippen LogP contribution in [0.5, 0.6) is 0 Å². The van der Waals surface area contributed by atoms with Crippen LogP contribution in [0.15, 0.2) is 18.3 Å². The van der Waals surface area contributed by atoms with Gasteiger partial charge in [0.15, 0.2) is 0 Å². The first-order chi connectivity index (χ1) is 5.25. The van der Waals surface area contributed by atoms with Gasteiger partial charge in [0, 0.05) is 17.2 Å². The molecule has 1 nitrogen and oxygen atoms in total. The molecule has 0 atom stereocenters. The molecular formula is C9H12BrN. The summed E-state index contributed by atoms with van der Waals surface area (Å²) in [4.78, 5) is 4.32. The Morgan fingerprint density at radius 2 is 2.27 bits per heavy atom. The summed E-state index contributed by atoms with van der Waals surface area (Å²) in [5.74, 6) is 0.517. The van der Waals surface area contributed by atoms with Crippen molar-refractivity contribution in [2.75, 3.05) is 0 Å². The second-order valence-corrected chi connectivity index (χ2v) is 3.40. The van der Waals surface area contributed by atoms with Gasteiger partial charge < -0.3 is 0 Å². The molecule has 0 aliphatic rings. The maximum absolute atomic E-state index is 4.32. The van der Waals surface area contributed by atoms with E-state index in [4.69, 9.17) is 0 Å². The summed E-state index contributed by atoms with van der Waals surface area (Å²) in [6.45, 7) is 4.32. The first kappa shape index (κ1) is 8.72. The molecule has 0 fully saturated rings. The fourth-order valence-electron chi connectivity index (χ4n) is 1.08. The predicted molar refractivity (Wildman–Crippen MR) is 51.0 cm³/mol. The minimum atomic E-state index is 0.517. The number of nitrogens with zero attached hydrogens (tertiary/aromatic N) is 1. The zero-order chi connectivity index (χ0) is 8.27. The van der Waals surface area contributed by atoms with E-state index in [0.29, 0.717) is 5.92 Å². The number of aromatic nitrogens is 1. The molecule has 0 radical (unpaired) electrons. The molecule has 0 saturated carbocycles. The van der Waals surface area contributed by atoms with Gasteiger partial charge in [-0.05, 0) is 17.5 Å². The molecule has 0 spiro atoms. The van der Waals surface area contributed by atoms with Crippen molar-refractivity contribution in [2.24, 2.45) is 0 Å². The molecule has 60 valence electrons. The van der Waals surface area contributed by atoms with Crippen molar-refractivity contribution < 1.29 is 0 Å². The summed E-state index contributed by atoms with van der Waals surface area (Å²) < 4.78 is 0. The Bertz CT molecular complexity index is 233. The Morgan fingerprint density at radius 3 is 2.73 bits per heavy atom. The number of rotatable bonds is 2. The van der Waals surface area contributed by atoms with Crippen LogP contribution < -0.4 is 0 Å². The monoisotopic (exact) mass is 213 g/mol. The Kier molecular flexibility index (Phi) is 3.06. The topological polar surface area (TPSA) is 12.9 Å². The Hall–Kier alpha value is -0.370. The number of pyridine rings is 1. The lowest BCUT2D eigenvalue weighted by Crippen LogP contribution is -1.96. The van der Waals surface area contributed by atoms with Gasteiger partial charge in [-0.25, -0.2) is 0 Å². The zero-order valence-corrected chi connectivity index (χ0v) is 8.43. The van der Waals surface area contributed by atoms with E-state index in [1.807, 2.05) is 12.3 Å². The Morgan fingerprint density at radius 1 is 1.55 bits per heavy atom. The molecule has 0 unspecified atom stereocenters. The second-order valence-electron chi connectivity index (χ2n) is 2.84. The van der Waals surface area contributed by atoms with Crippen LogP contribution in [0.2, 0.25) is 0 Å². The third-order valence-corrected chi connectivity index (χ3v) is 2.22. The molecule has 2 heteroatoms. The van der Waals surface area contributed by atoms with E-state index in [2.05, 4.69) is 40.8 Å². The van der Waals surface area contributed by atoms with Crippen molar-refractivity contribution in [3.05, 3.63) is 29.6 Å². The minimum absolute atomic E-state index is 0.517. The van der Waals surface area contributed by atoms with Crippen molar-refractivity contribution in [1.82, 2.24) is 4.98 Å². The zero-order valence-electron chi connectivity index (χ0n) is 6.84. The van der Waals surface area contributed by atoms with E-state index >= 15 is 0 Å². The molecule has 1 aromatic rings. The van der Waals surface area contributed by atoms with Gasteiger partial charge in [-0.1, -0.05) is 35.8 Å². The highest BCUT2D eigenvalue weighted by Gasteiger charge is 2.04. The molecule has 0 bridgehead atoms. The fourth-order valence-corrected chi connectivity index (χ4v) is 1.56. The van der Waals surface area contributed by atoms with Crippen LogP contribution in [-0.2, 0) is 5.33 Å². The van der Waals surface area contributed by atoms with Crippen LogP contribution >= 0.6 is 15.9 Å². The van der Waals surface area contributed by atoms with E-state index in [-0.39, 0.29) is 0 Å². The van der Waals surface area contributed by atoms with Crippen LogP contribution in [0.4, 0.5) is 0 Å². The summed E-state index contributed by atoms with van der Waals surface area (Å²) >= 11 is 3.44. The van der Waals surface area contributed by atoms with Gasteiger partial charge in [-0.2, -0.15) is 0 Å². The number of hydrogen-bond acceptors (Lipinski definition) is 1. The van der Waals surface area contributed by atoms with Gasteiger partial charge in [0.05, 0.1) is 0 Å². The lowest BCUT2D eigenvalue weighted by atomic mass is 10.1. The van der Waals surface area contributed by atoms with Crippen LogP contribution in [-0.4, -0.2) is 4.98 Å². The highest BCUT2D eigenvalue weighted by molar-refractivity contribution is 9.08. The van der Waals surface area contributed by atoms with Crippen molar-refractivity contribution in [2.45, 2.75) is 25.1 Å². The van der Waals surface area contributed by atoms with Crippen LogP contribution in [0.25, 0.3) is 0 Å². The van der Waals surface area contributed by atoms with Crippen molar-refractivity contribution in [1.29, 1.82) is 0 Å². The Balaban J connectivity index is 3.02. The number of hydrogen-bond donors (Lipinski definition) is 0. The molecule has 0 aromatic carbocycles. The molecule has 1 heterocycles. The van der Waals surface area contributed by atoms with E-state index in [9.17, 15) is 0 Å². The summed E-state index contributed by atoms with van der Waals surface area (Å²) in [5.41, 5.74) is 2.49. The molecule has 0 aliphatic carbocycles. The molecule has 1 aromatic heterocycles. The second kappa shape index (κ2) is 3.86. The molecule has 1 rings (SSSR count). The Labute approximate surface area is 76.0 Å². The standard InChI is InChI=1S/C9H12BrN/c1-7(2)9-8(6-10)4-3-5-11-9/h3-5,7H,6H2,1-2H3. The van der Waals surface area contributed by atoms with Gasteiger partial charge >= 0.3 is 0 Å². The third kappa shape index (κ3) is 2.03. The first-order valence-corrected chi connectivity index (χ1v) is 4.87. The lowest BCUT2D eigenvalue weighted by molar-refractivity contribution is 0.810. The molecule has 11 heavy (non-hydrogen) atoms. The molecule has 0 amide bonds. The van der Waals surface area contributed by atoms with Crippen molar-refractivity contribution in [3.63, 3.8) is 0 Å². The van der Waals surface area contributed by atoms with Crippen molar-refractivity contribution in [3.8, 4) is 0 Å². The van der Waals surface area contributed by atoms with Crippen LogP contribution in [0.3, 0.4) is 0 Å². The highest BCUT2D eigenvalue weighted by Crippen LogP contribution is 2.18. The SMILES string of the molecule is CC(C)c1ncccc1CBr.